The van der Waals surface area contributed by atoms with Crippen molar-refractivity contribution in [3.05, 3.63) is 60.5 Å². The second-order valence-electron chi connectivity index (χ2n) is 3.99. The molecule has 0 radical (unpaired) electrons. The lowest BCUT2D eigenvalue weighted by molar-refractivity contribution is 0.215. The number of aliphatic hydroxyl groups is 1. The van der Waals surface area contributed by atoms with Crippen molar-refractivity contribution in [1.82, 2.24) is 0 Å². The van der Waals surface area contributed by atoms with E-state index in [1.165, 1.54) is 18.2 Å². The van der Waals surface area contributed by atoms with Gasteiger partial charge in [-0.1, -0.05) is 64.1 Å². The van der Waals surface area contributed by atoms with Crippen LogP contribution in [0.5, 0.6) is 5.75 Å². The summed E-state index contributed by atoms with van der Waals surface area (Å²) in [5, 5.41) is 21.1. The van der Waals surface area contributed by atoms with Crippen molar-refractivity contribution >= 4 is 58.0 Å². The van der Waals surface area contributed by atoms with Gasteiger partial charge in [0.1, 0.15) is 11.9 Å². The standard InChI is InChI=1S/C13H7Cl5O2/c14-6-2-1-5(3-7(6)15)12(19)10-11(18)8(16)4-9(17)13(10)20/h1-4,12,19-20H. The van der Waals surface area contributed by atoms with Crippen LogP contribution in [0, 0.1) is 0 Å². The summed E-state index contributed by atoms with van der Waals surface area (Å²) in [6.45, 7) is 0. The number of halogens is 5. The van der Waals surface area contributed by atoms with E-state index in [1.54, 1.807) is 6.07 Å². The summed E-state index contributed by atoms with van der Waals surface area (Å²) < 4.78 is 0. The van der Waals surface area contributed by atoms with Crippen LogP contribution in [0.25, 0.3) is 0 Å². The predicted octanol–water partition coefficient (Wildman–Crippen LogP) is 5.74. The highest BCUT2D eigenvalue weighted by atomic mass is 35.5. The first-order chi connectivity index (χ1) is 9.32. The third kappa shape index (κ3) is 2.96. The van der Waals surface area contributed by atoms with Crippen LogP contribution < -0.4 is 0 Å². The lowest BCUT2D eigenvalue weighted by Gasteiger charge is -2.17. The second kappa shape index (κ2) is 6.18. The first kappa shape index (κ1) is 16.0. The van der Waals surface area contributed by atoms with Crippen molar-refractivity contribution in [3.63, 3.8) is 0 Å². The fraction of sp³-hybridized carbons (Fsp3) is 0.0769. The molecule has 0 aliphatic rings. The average Bonchev–Trinajstić information content (AvgIpc) is 2.40. The smallest absolute Gasteiger partial charge is 0.141 e. The Bertz CT molecular complexity index is 646. The minimum Gasteiger partial charge on any atom is -0.506 e. The van der Waals surface area contributed by atoms with E-state index in [4.69, 9.17) is 58.0 Å². The Morgan fingerprint density at radius 1 is 0.800 bits per heavy atom. The van der Waals surface area contributed by atoms with Crippen LogP contribution >= 0.6 is 58.0 Å². The first-order valence-corrected chi connectivity index (χ1v) is 7.21. The van der Waals surface area contributed by atoms with Crippen LogP contribution in [-0.4, -0.2) is 10.2 Å². The molecule has 7 heteroatoms. The van der Waals surface area contributed by atoms with E-state index in [1.807, 2.05) is 0 Å². The van der Waals surface area contributed by atoms with Gasteiger partial charge in [-0.2, -0.15) is 0 Å². The van der Waals surface area contributed by atoms with Gasteiger partial charge in [-0.15, -0.1) is 0 Å². The van der Waals surface area contributed by atoms with Crippen LogP contribution in [0.15, 0.2) is 24.3 Å². The molecule has 1 atom stereocenters. The van der Waals surface area contributed by atoms with Gasteiger partial charge < -0.3 is 10.2 Å². The summed E-state index contributed by atoms with van der Waals surface area (Å²) >= 11 is 29.4. The highest BCUT2D eigenvalue weighted by molar-refractivity contribution is 6.44. The van der Waals surface area contributed by atoms with Crippen molar-refractivity contribution in [2.75, 3.05) is 0 Å². The number of phenols is 1. The molecule has 2 aromatic carbocycles. The third-order valence-electron chi connectivity index (χ3n) is 2.71. The Morgan fingerprint density at radius 3 is 2.05 bits per heavy atom. The zero-order chi connectivity index (χ0) is 15.0. The van der Waals surface area contributed by atoms with Crippen LogP contribution in [0.3, 0.4) is 0 Å². The molecule has 0 saturated carbocycles. The molecule has 2 N–H and O–H groups in total. The van der Waals surface area contributed by atoms with E-state index in [-0.39, 0.29) is 31.4 Å². The number of hydrogen-bond acceptors (Lipinski definition) is 2. The van der Waals surface area contributed by atoms with E-state index in [0.29, 0.717) is 10.6 Å². The molecule has 0 amide bonds. The van der Waals surface area contributed by atoms with Gasteiger partial charge in [0.15, 0.2) is 0 Å². The Kier molecular flexibility index (Phi) is 4.96. The van der Waals surface area contributed by atoms with E-state index in [0.717, 1.165) is 0 Å². The SMILES string of the molecule is Oc1c(Cl)cc(Cl)c(Cl)c1C(O)c1ccc(Cl)c(Cl)c1. The Labute approximate surface area is 140 Å². The minimum absolute atomic E-state index is 0.00601. The van der Waals surface area contributed by atoms with Gasteiger partial charge in [0.25, 0.3) is 0 Å². The summed E-state index contributed by atoms with van der Waals surface area (Å²) in [6.07, 6.45) is -1.24. The summed E-state index contributed by atoms with van der Waals surface area (Å²) in [4.78, 5) is 0. The Hall–Kier alpha value is -0.350. The van der Waals surface area contributed by atoms with Crippen molar-refractivity contribution in [2.24, 2.45) is 0 Å². The lowest BCUT2D eigenvalue weighted by atomic mass is 10.0. The molecule has 2 aromatic rings. The third-order valence-corrected chi connectivity index (χ3v) is 4.54. The zero-order valence-corrected chi connectivity index (χ0v) is 13.5. The van der Waals surface area contributed by atoms with Crippen LogP contribution in [0.1, 0.15) is 17.2 Å². The Morgan fingerprint density at radius 2 is 1.45 bits per heavy atom. The number of aromatic hydroxyl groups is 1. The molecule has 0 aromatic heterocycles. The molecule has 0 heterocycles. The number of rotatable bonds is 2. The highest BCUT2D eigenvalue weighted by Gasteiger charge is 2.23. The van der Waals surface area contributed by atoms with Gasteiger partial charge in [0.2, 0.25) is 0 Å². The molecule has 1 unspecified atom stereocenters. The van der Waals surface area contributed by atoms with Crippen molar-refractivity contribution < 1.29 is 10.2 Å². The maximum atomic E-state index is 10.4. The summed E-state index contributed by atoms with van der Waals surface area (Å²) in [5.74, 6) is -0.334. The maximum Gasteiger partial charge on any atom is 0.141 e. The normalized spacial score (nSPS) is 12.5. The largest absolute Gasteiger partial charge is 0.506 e. The first-order valence-electron chi connectivity index (χ1n) is 5.32. The molecular weight excluding hydrogens is 365 g/mol. The number of aliphatic hydroxyl groups excluding tert-OH is 1. The summed E-state index contributed by atoms with van der Waals surface area (Å²) in [7, 11) is 0. The maximum absolute atomic E-state index is 10.4. The van der Waals surface area contributed by atoms with Crippen LogP contribution in [-0.2, 0) is 0 Å². The van der Waals surface area contributed by atoms with Crippen molar-refractivity contribution in [1.29, 1.82) is 0 Å². The Balaban J connectivity index is 2.58. The molecular formula is C13H7Cl5O2. The fourth-order valence-corrected chi connectivity index (χ4v) is 2.73. The lowest BCUT2D eigenvalue weighted by Crippen LogP contribution is -2.02. The predicted molar refractivity (Wildman–Crippen MR) is 83.7 cm³/mol. The quantitative estimate of drug-likeness (QED) is 0.660. The average molecular weight is 372 g/mol. The van der Waals surface area contributed by atoms with Gasteiger partial charge >= 0.3 is 0 Å². The monoisotopic (exact) mass is 370 g/mol. The molecule has 0 aliphatic heterocycles. The molecule has 106 valence electrons. The van der Waals surface area contributed by atoms with Gasteiger partial charge in [-0.25, -0.2) is 0 Å². The number of benzene rings is 2. The molecule has 0 saturated heterocycles. The number of phenolic OH excluding ortho intramolecular Hbond substituents is 1. The van der Waals surface area contributed by atoms with E-state index < -0.39 is 6.10 Å². The molecule has 20 heavy (non-hydrogen) atoms. The minimum atomic E-state index is -1.24. The molecule has 0 bridgehead atoms. The van der Waals surface area contributed by atoms with E-state index in [9.17, 15) is 10.2 Å². The summed E-state index contributed by atoms with van der Waals surface area (Å²) in [6, 6.07) is 5.86. The molecule has 2 rings (SSSR count). The zero-order valence-electron chi connectivity index (χ0n) is 9.67. The second-order valence-corrected chi connectivity index (χ2v) is 6.00. The molecule has 0 aliphatic carbocycles. The van der Waals surface area contributed by atoms with Gasteiger partial charge in [-0.05, 0) is 23.8 Å². The van der Waals surface area contributed by atoms with Crippen LogP contribution in [0.4, 0.5) is 0 Å². The topological polar surface area (TPSA) is 40.5 Å². The van der Waals surface area contributed by atoms with Crippen LogP contribution in [0.2, 0.25) is 25.1 Å². The highest BCUT2D eigenvalue weighted by Crippen LogP contribution is 2.44. The van der Waals surface area contributed by atoms with Gasteiger partial charge in [0.05, 0.1) is 25.1 Å². The molecule has 2 nitrogen and oxygen atoms in total. The van der Waals surface area contributed by atoms with E-state index >= 15 is 0 Å². The molecule has 0 spiro atoms. The summed E-state index contributed by atoms with van der Waals surface area (Å²) in [5.41, 5.74) is 0.414. The van der Waals surface area contributed by atoms with Crippen molar-refractivity contribution in [3.8, 4) is 5.75 Å². The van der Waals surface area contributed by atoms with E-state index in [2.05, 4.69) is 0 Å². The van der Waals surface area contributed by atoms with Crippen molar-refractivity contribution in [2.45, 2.75) is 6.10 Å². The fourth-order valence-electron chi connectivity index (χ4n) is 1.70. The molecule has 0 fully saturated rings. The number of hydrogen-bond donors (Lipinski definition) is 2. The van der Waals surface area contributed by atoms with Gasteiger partial charge in [-0.3, -0.25) is 0 Å². The van der Waals surface area contributed by atoms with Gasteiger partial charge in [0, 0.05) is 5.56 Å².